The third-order valence-corrected chi connectivity index (χ3v) is 3.23. The van der Waals surface area contributed by atoms with Gasteiger partial charge in [0.15, 0.2) is 5.03 Å². The summed E-state index contributed by atoms with van der Waals surface area (Å²) in [5.41, 5.74) is 0. The van der Waals surface area contributed by atoms with Gasteiger partial charge in [0, 0.05) is 29.8 Å². The van der Waals surface area contributed by atoms with Crippen LogP contribution in [0.4, 0.5) is 13.2 Å². The number of aryl methyl sites for hydroxylation is 2. The molecule has 0 aliphatic heterocycles. The molecule has 0 aliphatic carbocycles. The second-order valence-electron chi connectivity index (χ2n) is 3.48. The number of halogens is 4. The summed E-state index contributed by atoms with van der Waals surface area (Å²) in [4.78, 5) is 3.66. The topological polar surface area (TPSA) is 52.0 Å². The highest BCUT2D eigenvalue weighted by atomic mass is 35.7. The molecule has 0 saturated carbocycles. The van der Waals surface area contributed by atoms with E-state index in [4.69, 9.17) is 10.7 Å². The van der Waals surface area contributed by atoms with Crippen LogP contribution in [-0.4, -0.2) is 24.1 Å². The van der Waals surface area contributed by atoms with Crippen LogP contribution in [0, 0.1) is 6.92 Å². The molecule has 0 aliphatic rings. The van der Waals surface area contributed by atoms with Gasteiger partial charge in [0.05, 0.1) is 0 Å². The molecule has 0 fully saturated rings. The number of rotatable bonds is 4. The van der Waals surface area contributed by atoms with Crippen LogP contribution in [0.2, 0.25) is 0 Å². The van der Waals surface area contributed by atoms with Crippen LogP contribution >= 0.6 is 10.7 Å². The SMILES string of the molecule is Cc1nc(S(=O)(=O)Cl)cn1CCCC(F)(F)F. The molecule has 0 saturated heterocycles. The van der Waals surface area contributed by atoms with Gasteiger partial charge >= 0.3 is 6.18 Å². The van der Waals surface area contributed by atoms with Crippen molar-refractivity contribution in [3.8, 4) is 0 Å². The number of hydrogen-bond acceptors (Lipinski definition) is 3. The van der Waals surface area contributed by atoms with Crippen molar-refractivity contribution in [2.24, 2.45) is 0 Å². The Hall–Kier alpha value is -0.760. The Balaban J connectivity index is 2.70. The van der Waals surface area contributed by atoms with E-state index in [9.17, 15) is 21.6 Å². The predicted octanol–water partition coefficient (Wildman–Crippen LogP) is 2.46. The summed E-state index contributed by atoms with van der Waals surface area (Å²) in [5, 5.41) is -0.344. The fourth-order valence-corrected chi connectivity index (χ4v) is 1.99. The Morgan fingerprint density at radius 1 is 1.47 bits per heavy atom. The van der Waals surface area contributed by atoms with Crippen LogP contribution in [0.1, 0.15) is 18.7 Å². The molecule has 0 amide bonds. The third-order valence-electron chi connectivity index (χ3n) is 2.06. The molecule has 1 heterocycles. The molecule has 1 aromatic heterocycles. The summed E-state index contributed by atoms with van der Waals surface area (Å²) in [5.74, 6) is 0.311. The van der Waals surface area contributed by atoms with E-state index < -0.39 is 21.6 Å². The zero-order chi connectivity index (χ0) is 13.3. The van der Waals surface area contributed by atoms with Crippen LogP contribution in [0.3, 0.4) is 0 Å². The number of aromatic nitrogens is 2. The maximum atomic E-state index is 11.9. The van der Waals surface area contributed by atoms with Crippen LogP contribution in [-0.2, 0) is 15.6 Å². The molecule has 0 atom stereocenters. The van der Waals surface area contributed by atoms with Gasteiger partial charge in [0.25, 0.3) is 9.05 Å². The van der Waals surface area contributed by atoms with E-state index in [0.29, 0.717) is 5.82 Å². The zero-order valence-electron chi connectivity index (χ0n) is 8.83. The van der Waals surface area contributed by atoms with Crippen LogP contribution in [0.25, 0.3) is 0 Å². The summed E-state index contributed by atoms with van der Waals surface area (Å²) in [6.07, 6.45) is -4.14. The lowest BCUT2D eigenvalue weighted by Gasteiger charge is -2.07. The Morgan fingerprint density at radius 2 is 2.06 bits per heavy atom. The Morgan fingerprint density at radius 3 is 2.47 bits per heavy atom. The number of alkyl halides is 3. The van der Waals surface area contributed by atoms with Crippen LogP contribution in [0.15, 0.2) is 11.2 Å². The van der Waals surface area contributed by atoms with Gasteiger partial charge in [0.2, 0.25) is 0 Å². The molecule has 0 radical (unpaired) electrons. The molecule has 0 spiro atoms. The summed E-state index contributed by atoms with van der Waals surface area (Å²) in [6, 6.07) is 0. The van der Waals surface area contributed by atoms with Gasteiger partial charge in [-0.2, -0.15) is 13.2 Å². The van der Waals surface area contributed by atoms with Crippen molar-refractivity contribution in [3.63, 3.8) is 0 Å². The van der Waals surface area contributed by atoms with Crippen LogP contribution in [0.5, 0.6) is 0 Å². The van der Waals surface area contributed by atoms with E-state index in [1.165, 1.54) is 11.5 Å². The van der Waals surface area contributed by atoms with Crippen molar-refractivity contribution in [2.45, 2.75) is 37.5 Å². The summed E-state index contributed by atoms with van der Waals surface area (Å²) < 4.78 is 59.0. The first-order chi connectivity index (χ1) is 7.59. The lowest BCUT2D eigenvalue weighted by Crippen LogP contribution is -2.09. The average molecular weight is 291 g/mol. The molecule has 1 rings (SSSR count). The van der Waals surface area contributed by atoms with E-state index in [2.05, 4.69) is 4.98 Å². The van der Waals surface area contributed by atoms with Crippen molar-refractivity contribution in [1.29, 1.82) is 0 Å². The van der Waals surface area contributed by atoms with Gasteiger partial charge in [-0.3, -0.25) is 0 Å². The first-order valence-electron chi connectivity index (χ1n) is 4.65. The highest BCUT2D eigenvalue weighted by molar-refractivity contribution is 8.13. The molecule has 0 bridgehead atoms. The predicted molar refractivity (Wildman–Crippen MR) is 55.3 cm³/mol. The van der Waals surface area contributed by atoms with E-state index in [1.807, 2.05) is 0 Å². The summed E-state index contributed by atoms with van der Waals surface area (Å²) in [7, 11) is 1.13. The zero-order valence-corrected chi connectivity index (χ0v) is 10.4. The van der Waals surface area contributed by atoms with Crippen molar-refractivity contribution < 1.29 is 21.6 Å². The smallest absolute Gasteiger partial charge is 0.334 e. The maximum absolute atomic E-state index is 11.9. The molecule has 4 nitrogen and oxygen atoms in total. The number of imidazole rings is 1. The van der Waals surface area contributed by atoms with Crippen LogP contribution < -0.4 is 0 Å². The van der Waals surface area contributed by atoms with Gasteiger partial charge < -0.3 is 4.57 Å². The molecular formula is C8H10ClF3N2O2S. The van der Waals surface area contributed by atoms with E-state index in [-0.39, 0.29) is 18.0 Å². The van der Waals surface area contributed by atoms with Gasteiger partial charge in [-0.05, 0) is 13.3 Å². The van der Waals surface area contributed by atoms with Crippen molar-refractivity contribution in [1.82, 2.24) is 9.55 Å². The van der Waals surface area contributed by atoms with Crippen molar-refractivity contribution in [3.05, 3.63) is 12.0 Å². The molecule has 1 aromatic rings. The number of nitrogens with zero attached hydrogens (tertiary/aromatic N) is 2. The van der Waals surface area contributed by atoms with E-state index in [1.54, 1.807) is 0 Å². The van der Waals surface area contributed by atoms with E-state index in [0.717, 1.165) is 6.20 Å². The number of hydrogen-bond donors (Lipinski definition) is 0. The average Bonchev–Trinajstić information content (AvgIpc) is 2.45. The normalized spacial score (nSPS) is 13.0. The largest absolute Gasteiger partial charge is 0.389 e. The fraction of sp³-hybridized carbons (Fsp3) is 0.625. The minimum atomic E-state index is -4.21. The monoisotopic (exact) mass is 290 g/mol. The fourth-order valence-electron chi connectivity index (χ4n) is 1.27. The molecule has 17 heavy (non-hydrogen) atoms. The van der Waals surface area contributed by atoms with Gasteiger partial charge in [-0.25, -0.2) is 13.4 Å². The van der Waals surface area contributed by atoms with E-state index >= 15 is 0 Å². The van der Waals surface area contributed by atoms with Crippen molar-refractivity contribution in [2.75, 3.05) is 0 Å². The molecule has 9 heteroatoms. The first kappa shape index (κ1) is 14.3. The minimum absolute atomic E-state index is 0.0464. The summed E-state index contributed by atoms with van der Waals surface area (Å²) in [6.45, 7) is 1.55. The second kappa shape index (κ2) is 4.85. The molecule has 0 N–H and O–H groups in total. The molecule has 0 aromatic carbocycles. The Kier molecular flexibility index (Phi) is 4.08. The highest BCUT2D eigenvalue weighted by Crippen LogP contribution is 2.22. The van der Waals surface area contributed by atoms with Gasteiger partial charge in [-0.1, -0.05) is 0 Å². The minimum Gasteiger partial charge on any atom is -0.334 e. The lowest BCUT2D eigenvalue weighted by molar-refractivity contribution is -0.135. The lowest BCUT2D eigenvalue weighted by atomic mass is 10.3. The standard InChI is InChI=1S/C8H10ClF3N2O2S/c1-6-13-7(17(9,15)16)5-14(6)4-2-3-8(10,11)12/h5H,2-4H2,1H3. The van der Waals surface area contributed by atoms with Gasteiger partial charge in [-0.15, -0.1) is 0 Å². The van der Waals surface area contributed by atoms with Crippen molar-refractivity contribution >= 4 is 19.7 Å². The molecule has 0 unspecified atom stereocenters. The molecular weight excluding hydrogens is 281 g/mol. The first-order valence-corrected chi connectivity index (χ1v) is 6.96. The third kappa shape index (κ3) is 4.55. The molecule has 98 valence electrons. The Labute approximate surface area is 101 Å². The Bertz CT molecular complexity index is 495. The highest BCUT2D eigenvalue weighted by Gasteiger charge is 2.26. The summed E-state index contributed by atoms with van der Waals surface area (Å²) >= 11 is 0. The second-order valence-corrected chi connectivity index (χ2v) is 5.99. The quantitative estimate of drug-likeness (QED) is 0.801. The maximum Gasteiger partial charge on any atom is 0.389 e. The van der Waals surface area contributed by atoms with Gasteiger partial charge in [0.1, 0.15) is 5.82 Å².